The second-order valence-electron chi connectivity index (χ2n) is 4.23. The Morgan fingerprint density at radius 3 is 1.26 bits per heavy atom. The van der Waals surface area contributed by atoms with E-state index in [2.05, 4.69) is 12.6 Å². The van der Waals surface area contributed by atoms with Crippen molar-refractivity contribution < 1.29 is 28.0 Å². The average molecular weight is 409 g/mol. The molecule has 10 heteroatoms. The van der Waals surface area contributed by atoms with Gasteiger partial charge in [0.15, 0.2) is 0 Å². The van der Waals surface area contributed by atoms with Gasteiger partial charge in [-0.2, -0.15) is 18.4 Å². The summed E-state index contributed by atoms with van der Waals surface area (Å²) in [7, 11) is 5.12. The van der Waals surface area contributed by atoms with Gasteiger partial charge in [-0.15, -0.1) is 0 Å². The largest absolute Gasteiger partial charge is 1.00 e. The Morgan fingerprint density at radius 2 is 1.04 bits per heavy atom. The Bertz CT molecular complexity index is 210. The monoisotopic (exact) mass is 408 g/mol. The van der Waals surface area contributed by atoms with Crippen molar-refractivity contribution in [3.8, 4) is 0 Å². The van der Waals surface area contributed by atoms with Crippen molar-refractivity contribution in [1.29, 1.82) is 0 Å². The molecule has 144 valence electrons. The Labute approximate surface area is 157 Å². The quantitative estimate of drug-likeness (QED) is 0.303. The van der Waals surface area contributed by atoms with E-state index >= 15 is 0 Å². The highest BCUT2D eigenvalue weighted by Gasteiger charge is 2.37. The highest BCUT2D eigenvalue weighted by Crippen LogP contribution is 2.15. The Hall–Kier alpha value is 0.894. The summed E-state index contributed by atoms with van der Waals surface area (Å²) in [5.74, 6) is 1.57. The minimum atomic E-state index is -2.31. The summed E-state index contributed by atoms with van der Waals surface area (Å²) in [4.78, 5) is 0. The predicted octanol–water partition coefficient (Wildman–Crippen LogP) is 2.73. The molecule has 0 atom stereocenters. The molecule has 0 radical (unpaired) electrons. The fourth-order valence-corrected chi connectivity index (χ4v) is 6.00. The minimum Gasteiger partial charge on any atom is -0.793 e. The van der Waals surface area contributed by atoms with Crippen molar-refractivity contribution >= 4 is 42.9 Å². The van der Waals surface area contributed by atoms with Gasteiger partial charge in [0.1, 0.15) is 0 Å². The van der Waals surface area contributed by atoms with Crippen molar-refractivity contribution in [2.45, 2.75) is 32.4 Å². The van der Waals surface area contributed by atoms with E-state index < -0.39 is 17.6 Å². The lowest BCUT2D eigenvalue weighted by Crippen LogP contribution is -2.42. The molecule has 0 bridgehead atoms. The number of hydrogen-bond donors (Lipinski definition) is 1. The molecule has 0 spiro atoms. The molecule has 0 aliphatic heterocycles. The van der Waals surface area contributed by atoms with Crippen LogP contribution in [0.3, 0.4) is 0 Å². The molecule has 0 heterocycles. The molecule has 0 aliphatic carbocycles. The molecule has 0 aromatic heterocycles. The maximum atomic E-state index is 5.20. The average Bonchev–Trinajstić information content (AvgIpc) is 2.59. The predicted molar refractivity (Wildman–Crippen MR) is 106 cm³/mol. The van der Waals surface area contributed by atoms with Crippen LogP contribution in [0.5, 0.6) is 0 Å². The standard InChI is InChI=1S/2C6H16O3SSi.CH4/c2*1-7-11(8-2,9-3)6-4-5-10;/h2*10H,4-6H2,1-3H3;1H4. The molecule has 0 saturated carbocycles. The zero-order valence-electron chi connectivity index (χ0n) is 15.5. The van der Waals surface area contributed by atoms with Crippen LogP contribution in [0.2, 0.25) is 12.1 Å². The van der Waals surface area contributed by atoms with Crippen molar-refractivity contribution in [1.82, 2.24) is 0 Å². The van der Waals surface area contributed by atoms with Crippen LogP contribution in [-0.4, -0.2) is 71.8 Å². The van der Waals surface area contributed by atoms with Gasteiger partial charge in [-0.3, -0.25) is 0 Å². The van der Waals surface area contributed by atoms with Crippen molar-refractivity contribution in [2.24, 2.45) is 0 Å². The molecular weight excluding hydrogens is 372 g/mol. The molecule has 0 amide bonds. The number of rotatable bonds is 12. The highest BCUT2D eigenvalue weighted by molar-refractivity contribution is 7.80. The third-order valence-electron chi connectivity index (χ3n) is 3.13. The van der Waals surface area contributed by atoms with Gasteiger partial charge in [0.05, 0.1) is 0 Å². The van der Waals surface area contributed by atoms with E-state index in [1.165, 1.54) is 0 Å². The van der Waals surface area contributed by atoms with E-state index in [1.54, 1.807) is 42.7 Å². The van der Waals surface area contributed by atoms with Crippen LogP contribution in [-0.2, 0) is 39.2 Å². The van der Waals surface area contributed by atoms with Gasteiger partial charge in [-0.25, -0.2) is 0 Å². The maximum absolute atomic E-state index is 5.20. The summed E-state index contributed by atoms with van der Waals surface area (Å²) in [6.07, 6.45) is 1.88. The molecule has 0 N–H and O–H groups in total. The first-order valence-corrected chi connectivity index (χ1v) is 12.1. The maximum Gasteiger partial charge on any atom is 1.00 e. The van der Waals surface area contributed by atoms with Gasteiger partial charge in [0, 0.05) is 54.7 Å². The zero-order valence-corrected chi connectivity index (χ0v) is 18.3. The molecule has 0 aliphatic rings. The molecule has 6 nitrogen and oxygen atoms in total. The van der Waals surface area contributed by atoms with E-state index in [4.69, 9.17) is 39.2 Å². The molecule has 0 aromatic rings. The summed E-state index contributed by atoms with van der Waals surface area (Å²) < 4.78 is 31.2. The highest BCUT2D eigenvalue weighted by atomic mass is 32.1. The van der Waals surface area contributed by atoms with Crippen LogP contribution < -0.4 is 0 Å². The van der Waals surface area contributed by atoms with Crippen molar-refractivity contribution in [3.63, 3.8) is 0 Å². The van der Waals surface area contributed by atoms with Crippen LogP contribution >= 0.6 is 12.6 Å². The second-order valence-corrected chi connectivity index (χ2v) is 11.3. The lowest BCUT2D eigenvalue weighted by molar-refractivity contribution is 0.123. The van der Waals surface area contributed by atoms with Crippen LogP contribution in [0.25, 0.3) is 0 Å². The van der Waals surface area contributed by atoms with Crippen molar-refractivity contribution in [2.75, 3.05) is 54.2 Å². The molecule has 0 unspecified atom stereocenters. The summed E-state index contributed by atoms with van der Waals surface area (Å²) in [5.41, 5.74) is 0. The fourth-order valence-electron chi connectivity index (χ4n) is 1.70. The Kier molecular flexibility index (Phi) is 22.1. The minimum absolute atomic E-state index is 0. The topological polar surface area (TPSA) is 55.4 Å². The number of hydrogen-bond acceptors (Lipinski definition) is 8. The van der Waals surface area contributed by atoms with E-state index in [0.29, 0.717) is 0 Å². The van der Waals surface area contributed by atoms with E-state index in [-0.39, 0.29) is 8.85 Å². The lowest BCUT2D eigenvalue weighted by atomic mass is 10.6. The third kappa shape index (κ3) is 12.0. The SMILES string of the molecule is C.CO[Si](CCCS)(OC)OC.CO[Si](CCC[S-])(OC)OC.[H+]. The van der Waals surface area contributed by atoms with Crippen LogP contribution in [0.1, 0.15) is 21.7 Å². The van der Waals surface area contributed by atoms with Gasteiger partial charge < -0.3 is 39.2 Å². The van der Waals surface area contributed by atoms with Crippen molar-refractivity contribution in [3.05, 3.63) is 0 Å². The molecular formula is C13H36O6S2Si2. The van der Waals surface area contributed by atoms with Gasteiger partial charge in [0.25, 0.3) is 0 Å². The van der Waals surface area contributed by atoms with Crippen LogP contribution in [0.4, 0.5) is 0 Å². The molecule has 23 heavy (non-hydrogen) atoms. The van der Waals surface area contributed by atoms with E-state index in [1.807, 2.05) is 0 Å². The zero-order chi connectivity index (χ0) is 17.5. The molecule has 0 rings (SSSR count). The first kappa shape index (κ1) is 28.7. The van der Waals surface area contributed by atoms with E-state index in [0.717, 1.165) is 36.4 Å². The molecule has 0 aromatic carbocycles. The summed E-state index contributed by atoms with van der Waals surface area (Å²) in [6.45, 7) is 0. The Balaban J connectivity index is -0.000000154. The van der Waals surface area contributed by atoms with Crippen LogP contribution in [0, 0.1) is 0 Å². The molecule has 0 fully saturated rings. The smallest absolute Gasteiger partial charge is 0.793 e. The first-order chi connectivity index (χ1) is 10.5. The van der Waals surface area contributed by atoms with E-state index in [9.17, 15) is 0 Å². The van der Waals surface area contributed by atoms with Gasteiger partial charge in [-0.05, 0) is 12.2 Å². The lowest BCUT2D eigenvalue weighted by Gasteiger charge is -2.24. The molecule has 0 saturated heterocycles. The normalized spacial score (nSPS) is 11.5. The summed E-state index contributed by atoms with van der Waals surface area (Å²) >= 11 is 8.92. The Morgan fingerprint density at radius 1 is 0.739 bits per heavy atom. The first-order valence-electron chi connectivity index (χ1n) is 6.99. The van der Waals surface area contributed by atoms with Gasteiger partial charge >= 0.3 is 19.0 Å². The summed E-state index contributed by atoms with van der Waals surface area (Å²) in [5, 5.41) is 0. The van der Waals surface area contributed by atoms with Gasteiger partial charge in [0.2, 0.25) is 0 Å². The fraction of sp³-hybridized carbons (Fsp3) is 1.00. The second kappa shape index (κ2) is 17.7. The van der Waals surface area contributed by atoms with Crippen LogP contribution in [0.15, 0.2) is 0 Å². The third-order valence-corrected chi connectivity index (χ3v) is 9.40. The summed E-state index contributed by atoms with van der Waals surface area (Å²) in [6, 6.07) is 1.64. The number of thiol groups is 1. The van der Waals surface area contributed by atoms with Gasteiger partial charge in [-0.1, -0.05) is 13.8 Å².